The van der Waals surface area contributed by atoms with Crippen molar-refractivity contribution in [3.63, 3.8) is 0 Å². The van der Waals surface area contributed by atoms with Crippen LogP contribution in [0.15, 0.2) is 176 Å². The van der Waals surface area contributed by atoms with Gasteiger partial charge in [-0.25, -0.2) is 15.0 Å². The van der Waals surface area contributed by atoms with E-state index in [0.717, 1.165) is 98.7 Å². The van der Waals surface area contributed by atoms with E-state index in [1.165, 1.54) is 0 Å². The van der Waals surface area contributed by atoms with E-state index in [-0.39, 0.29) is 0 Å². The molecule has 8 aromatic carbocycles. The zero-order chi connectivity index (χ0) is 36.7. The van der Waals surface area contributed by atoms with Gasteiger partial charge in [-0.05, 0) is 74.8 Å². The van der Waals surface area contributed by atoms with Gasteiger partial charge in [-0.2, -0.15) is 0 Å². The topological polar surface area (TPSA) is 74.3 Å². The van der Waals surface area contributed by atoms with Crippen LogP contribution in [0, 0.1) is 0 Å². The molecule has 0 fully saturated rings. The Bertz CT molecular complexity index is 3480. The van der Waals surface area contributed by atoms with E-state index < -0.39 is 0 Å². The van der Waals surface area contributed by atoms with Gasteiger partial charge in [0.25, 0.3) is 5.95 Å². The molecular formula is C49H29N7. The molecule has 0 aliphatic rings. The molecule has 0 aliphatic carbocycles. The number of aromatic nitrogens is 7. The fourth-order valence-corrected chi connectivity index (χ4v) is 8.71. The zero-order valence-corrected chi connectivity index (χ0v) is 29.9. The van der Waals surface area contributed by atoms with E-state index in [1.807, 2.05) is 30.6 Å². The summed E-state index contributed by atoms with van der Waals surface area (Å²) in [5.74, 6) is 2.06. The summed E-state index contributed by atoms with van der Waals surface area (Å²) >= 11 is 0. The number of hydrogen-bond acceptors (Lipinski definition) is 5. The van der Waals surface area contributed by atoms with Gasteiger partial charge in [0.15, 0.2) is 0 Å². The third-order valence-electron chi connectivity index (χ3n) is 11.1. The molecule has 0 atom stereocenters. The van der Waals surface area contributed by atoms with Crippen LogP contribution in [0.1, 0.15) is 0 Å². The molecular weight excluding hydrogens is 687 g/mol. The first-order valence-corrected chi connectivity index (χ1v) is 18.7. The van der Waals surface area contributed by atoms with E-state index in [1.54, 1.807) is 0 Å². The van der Waals surface area contributed by atoms with Crippen LogP contribution in [0.4, 0.5) is 0 Å². The van der Waals surface area contributed by atoms with E-state index in [2.05, 4.69) is 155 Å². The third kappa shape index (κ3) is 4.42. The van der Waals surface area contributed by atoms with E-state index in [0.29, 0.717) is 11.6 Å². The molecule has 0 saturated carbocycles. The number of rotatable bonds is 4. The number of benzene rings is 8. The fourth-order valence-electron chi connectivity index (χ4n) is 8.71. The number of pyridine rings is 1. The highest BCUT2D eigenvalue weighted by Crippen LogP contribution is 2.41. The Morgan fingerprint density at radius 1 is 0.429 bits per heavy atom. The Hall–Kier alpha value is -7.77. The average Bonchev–Trinajstić information content (AvgIpc) is 3.83. The van der Waals surface area contributed by atoms with Crippen molar-refractivity contribution in [1.82, 2.24) is 34.3 Å². The van der Waals surface area contributed by atoms with Gasteiger partial charge in [0.05, 0.1) is 28.3 Å². The molecule has 260 valence electrons. The summed E-state index contributed by atoms with van der Waals surface area (Å²) in [6.45, 7) is 0. The van der Waals surface area contributed by atoms with Gasteiger partial charge >= 0.3 is 0 Å². The summed E-state index contributed by atoms with van der Waals surface area (Å²) in [5, 5.41) is 21.1. The number of fused-ring (bicyclic) bond motifs is 11. The maximum Gasteiger partial charge on any atom is 0.255 e. The first kappa shape index (κ1) is 30.7. The summed E-state index contributed by atoms with van der Waals surface area (Å²) in [6.07, 6.45) is 3.70. The lowest BCUT2D eigenvalue weighted by atomic mass is 9.95. The molecule has 12 aromatic rings. The van der Waals surface area contributed by atoms with Crippen molar-refractivity contribution in [1.29, 1.82) is 0 Å². The minimum atomic E-state index is 0.451. The molecule has 0 unspecified atom stereocenters. The second-order valence-corrected chi connectivity index (χ2v) is 14.2. The molecule has 0 bridgehead atoms. The standard InChI is InChI=1S/C49H29N7/c1-3-15-33-30(13-1)27-31-14-2-4-16-34(31)45(33)41-29-51-49(54-53-41)56-47-39-21-8-6-18-36(39)35-17-5-7-20-38(35)46(47)52-48(56)32-24-25-43-40(28-32)37-19-9-10-22-42(37)55(43)44-23-11-12-26-50-44/h1-29H. The SMILES string of the molecule is c1ccc(-n2c3ccccc3c3cc(-c4nc5c6ccccc6c6ccccc6c5n4-c4ncc(-c5c6ccccc6cc6ccccc56)nn4)ccc32)nc1. The molecule has 56 heavy (non-hydrogen) atoms. The highest BCUT2D eigenvalue weighted by Gasteiger charge is 2.23. The molecule has 7 heteroatoms. The van der Waals surface area contributed by atoms with E-state index >= 15 is 0 Å². The van der Waals surface area contributed by atoms with Crippen LogP contribution in [0.3, 0.4) is 0 Å². The summed E-state index contributed by atoms with van der Waals surface area (Å²) in [6, 6.07) is 57.2. The third-order valence-corrected chi connectivity index (χ3v) is 11.1. The normalized spacial score (nSPS) is 11.9. The first-order valence-electron chi connectivity index (χ1n) is 18.7. The van der Waals surface area contributed by atoms with Crippen molar-refractivity contribution in [3.8, 4) is 34.4 Å². The quantitative estimate of drug-likeness (QED) is 0.134. The molecule has 12 rings (SSSR count). The lowest BCUT2D eigenvalue weighted by Gasteiger charge is -2.13. The second kappa shape index (κ2) is 11.9. The summed E-state index contributed by atoms with van der Waals surface area (Å²) in [5.41, 5.74) is 6.66. The van der Waals surface area contributed by atoms with E-state index in [9.17, 15) is 0 Å². The van der Waals surface area contributed by atoms with Crippen LogP contribution in [0.5, 0.6) is 0 Å². The summed E-state index contributed by atoms with van der Waals surface area (Å²) in [7, 11) is 0. The van der Waals surface area contributed by atoms with Crippen molar-refractivity contribution in [3.05, 3.63) is 176 Å². The van der Waals surface area contributed by atoms with Gasteiger partial charge in [-0.3, -0.25) is 9.13 Å². The number of para-hydroxylation sites is 1. The van der Waals surface area contributed by atoms with Crippen molar-refractivity contribution in [2.45, 2.75) is 0 Å². The van der Waals surface area contributed by atoms with Crippen molar-refractivity contribution >= 4 is 75.9 Å². The molecule has 7 nitrogen and oxygen atoms in total. The van der Waals surface area contributed by atoms with E-state index in [4.69, 9.17) is 25.1 Å². The number of imidazole rings is 1. The zero-order valence-electron chi connectivity index (χ0n) is 29.9. The van der Waals surface area contributed by atoms with Crippen LogP contribution in [-0.4, -0.2) is 34.3 Å². The predicted molar refractivity (Wildman–Crippen MR) is 227 cm³/mol. The number of nitrogens with zero attached hydrogens (tertiary/aromatic N) is 7. The van der Waals surface area contributed by atoms with Crippen molar-refractivity contribution < 1.29 is 0 Å². The Kier molecular flexibility index (Phi) is 6.50. The Morgan fingerprint density at radius 2 is 1.05 bits per heavy atom. The smallest absolute Gasteiger partial charge is 0.255 e. The summed E-state index contributed by atoms with van der Waals surface area (Å²) in [4.78, 5) is 15.3. The maximum absolute atomic E-state index is 5.49. The van der Waals surface area contributed by atoms with Gasteiger partial charge in [0, 0.05) is 38.9 Å². The predicted octanol–water partition coefficient (Wildman–Crippen LogP) is 11.6. The fraction of sp³-hybridized carbons (Fsp3) is 0. The Balaban J connectivity index is 1.14. The van der Waals surface area contributed by atoms with Crippen LogP contribution < -0.4 is 0 Å². The lowest BCUT2D eigenvalue weighted by molar-refractivity contribution is 0.878. The molecule has 4 heterocycles. The molecule has 0 N–H and O–H groups in total. The van der Waals surface area contributed by atoms with Crippen LogP contribution >= 0.6 is 0 Å². The highest BCUT2D eigenvalue weighted by atomic mass is 15.3. The Labute approximate surface area is 319 Å². The van der Waals surface area contributed by atoms with Gasteiger partial charge in [-0.1, -0.05) is 121 Å². The van der Waals surface area contributed by atoms with Gasteiger partial charge in [0.2, 0.25) is 0 Å². The maximum atomic E-state index is 5.49. The van der Waals surface area contributed by atoms with Gasteiger partial charge in [0.1, 0.15) is 17.3 Å². The molecule has 0 radical (unpaired) electrons. The van der Waals surface area contributed by atoms with Crippen LogP contribution in [-0.2, 0) is 0 Å². The lowest BCUT2D eigenvalue weighted by Crippen LogP contribution is -2.06. The molecule has 0 spiro atoms. The van der Waals surface area contributed by atoms with Crippen LogP contribution in [0.25, 0.3) is 110 Å². The largest absolute Gasteiger partial charge is 0.294 e. The van der Waals surface area contributed by atoms with Crippen LogP contribution in [0.2, 0.25) is 0 Å². The second-order valence-electron chi connectivity index (χ2n) is 14.2. The summed E-state index contributed by atoms with van der Waals surface area (Å²) < 4.78 is 4.32. The molecule has 0 aliphatic heterocycles. The molecule has 4 aromatic heterocycles. The minimum Gasteiger partial charge on any atom is -0.294 e. The average molecular weight is 716 g/mol. The molecule has 0 saturated heterocycles. The van der Waals surface area contributed by atoms with Crippen molar-refractivity contribution in [2.75, 3.05) is 0 Å². The number of hydrogen-bond donors (Lipinski definition) is 0. The van der Waals surface area contributed by atoms with Crippen molar-refractivity contribution in [2.24, 2.45) is 0 Å². The molecule has 0 amide bonds. The Morgan fingerprint density at radius 3 is 1.77 bits per heavy atom. The van der Waals surface area contributed by atoms with Gasteiger partial charge < -0.3 is 0 Å². The highest BCUT2D eigenvalue weighted by molar-refractivity contribution is 6.24. The first-order chi connectivity index (χ1) is 27.8. The van der Waals surface area contributed by atoms with Gasteiger partial charge in [-0.15, -0.1) is 10.2 Å². The minimum absolute atomic E-state index is 0.451. The monoisotopic (exact) mass is 715 g/mol.